The maximum Gasteiger partial charge on any atom is 0.256 e. The Balaban J connectivity index is 1.39. The highest BCUT2D eigenvalue weighted by molar-refractivity contribution is 6.07. The molecule has 1 atom stereocenters. The molecule has 5 rings (SSSR count). The Morgan fingerprint density at radius 3 is 2.84 bits per heavy atom. The van der Waals surface area contributed by atoms with Crippen LogP contribution in [0.3, 0.4) is 0 Å². The van der Waals surface area contributed by atoms with Gasteiger partial charge in [-0.05, 0) is 43.7 Å². The zero-order chi connectivity index (χ0) is 22.1. The smallest absolute Gasteiger partial charge is 0.256 e. The molecule has 1 N–H and O–H groups in total. The molecule has 5 aromatic rings. The maximum absolute atomic E-state index is 13.2. The summed E-state index contributed by atoms with van der Waals surface area (Å²) in [4.78, 5) is 17.4. The van der Waals surface area contributed by atoms with Crippen molar-refractivity contribution < 1.29 is 13.9 Å². The Morgan fingerprint density at radius 1 is 1.16 bits per heavy atom. The first kappa shape index (κ1) is 19.7. The molecule has 8 heteroatoms. The molecule has 2 aromatic carbocycles. The zero-order valence-corrected chi connectivity index (χ0v) is 17.6. The van der Waals surface area contributed by atoms with Crippen LogP contribution in [0.2, 0.25) is 0 Å². The number of furan rings is 1. The molecule has 0 radical (unpaired) electrons. The third-order valence-electron chi connectivity index (χ3n) is 5.26. The van der Waals surface area contributed by atoms with Gasteiger partial charge in [0.15, 0.2) is 5.82 Å². The number of ether oxygens (including phenoxy) is 1. The standard InChI is InChI=1S/C24H21N5O3/c1-15(22-27-28-24-25-11-6-12-29(22)24)26-23(30)21-16(2)32-20-10-9-18(13-19(20)21)31-14-17-7-4-3-5-8-17/h3-13,15H,14H2,1-2H3,(H,26,30). The van der Waals surface area contributed by atoms with Crippen molar-refractivity contribution in [2.75, 3.05) is 0 Å². The average molecular weight is 427 g/mol. The number of amides is 1. The first-order valence-electron chi connectivity index (χ1n) is 10.3. The molecule has 1 unspecified atom stereocenters. The predicted octanol–water partition coefficient (Wildman–Crippen LogP) is 4.25. The molecule has 160 valence electrons. The summed E-state index contributed by atoms with van der Waals surface area (Å²) in [5.41, 5.74) is 2.17. The second-order valence-electron chi connectivity index (χ2n) is 7.51. The van der Waals surface area contributed by atoms with Crippen LogP contribution in [-0.2, 0) is 6.61 Å². The lowest BCUT2D eigenvalue weighted by atomic mass is 10.1. The van der Waals surface area contributed by atoms with E-state index in [-0.39, 0.29) is 11.9 Å². The number of hydrogen-bond donors (Lipinski definition) is 1. The van der Waals surface area contributed by atoms with E-state index in [2.05, 4.69) is 20.5 Å². The number of rotatable bonds is 6. The van der Waals surface area contributed by atoms with E-state index in [1.54, 1.807) is 23.6 Å². The molecule has 32 heavy (non-hydrogen) atoms. The summed E-state index contributed by atoms with van der Waals surface area (Å²) >= 11 is 0. The first-order valence-corrected chi connectivity index (χ1v) is 10.3. The van der Waals surface area contributed by atoms with Crippen LogP contribution in [0.4, 0.5) is 0 Å². The van der Waals surface area contributed by atoms with Gasteiger partial charge in [-0.2, -0.15) is 0 Å². The average Bonchev–Trinajstić information content (AvgIpc) is 3.38. The summed E-state index contributed by atoms with van der Waals surface area (Å²) in [6, 6.07) is 16.8. The van der Waals surface area contributed by atoms with Gasteiger partial charge < -0.3 is 14.5 Å². The molecule has 8 nitrogen and oxygen atoms in total. The van der Waals surface area contributed by atoms with Crippen molar-refractivity contribution >= 4 is 22.7 Å². The van der Waals surface area contributed by atoms with Gasteiger partial charge in [-0.25, -0.2) is 4.98 Å². The van der Waals surface area contributed by atoms with Crippen molar-refractivity contribution in [2.24, 2.45) is 0 Å². The lowest BCUT2D eigenvalue weighted by Gasteiger charge is -2.12. The highest BCUT2D eigenvalue weighted by Crippen LogP contribution is 2.30. The van der Waals surface area contributed by atoms with E-state index < -0.39 is 0 Å². The number of carbonyl (C=O) groups is 1. The number of fused-ring (bicyclic) bond motifs is 2. The minimum atomic E-state index is -0.386. The van der Waals surface area contributed by atoms with Crippen molar-refractivity contribution in [1.82, 2.24) is 24.9 Å². The fourth-order valence-corrected chi connectivity index (χ4v) is 3.70. The van der Waals surface area contributed by atoms with Crippen LogP contribution in [0, 0.1) is 6.92 Å². The Hall–Kier alpha value is -4.20. The van der Waals surface area contributed by atoms with E-state index in [0.717, 1.165) is 5.56 Å². The molecule has 0 aliphatic rings. The van der Waals surface area contributed by atoms with Gasteiger partial charge in [0, 0.05) is 17.8 Å². The molecule has 0 saturated carbocycles. The topological polar surface area (TPSA) is 94.5 Å². The normalized spacial score (nSPS) is 12.2. The molecule has 0 aliphatic carbocycles. The number of aryl methyl sites for hydroxylation is 1. The van der Waals surface area contributed by atoms with Crippen LogP contribution in [0.15, 0.2) is 71.4 Å². The molecular formula is C24H21N5O3. The van der Waals surface area contributed by atoms with Crippen molar-refractivity contribution in [2.45, 2.75) is 26.5 Å². The molecule has 0 spiro atoms. The lowest BCUT2D eigenvalue weighted by molar-refractivity contribution is 0.0938. The third kappa shape index (κ3) is 3.66. The molecule has 1 amide bonds. The van der Waals surface area contributed by atoms with E-state index >= 15 is 0 Å². The van der Waals surface area contributed by atoms with Crippen molar-refractivity contribution in [3.63, 3.8) is 0 Å². The van der Waals surface area contributed by atoms with E-state index in [1.807, 2.05) is 61.7 Å². The SMILES string of the molecule is Cc1oc2ccc(OCc3ccccc3)cc2c1C(=O)NC(C)c1nnc2ncccn12. The van der Waals surface area contributed by atoms with Crippen molar-refractivity contribution in [3.05, 3.63) is 89.7 Å². The molecule has 0 bridgehead atoms. The summed E-state index contributed by atoms with van der Waals surface area (Å²) in [5.74, 6) is 2.03. The molecular weight excluding hydrogens is 406 g/mol. The van der Waals surface area contributed by atoms with Gasteiger partial charge in [0.2, 0.25) is 0 Å². The Kier molecular flexibility index (Phi) is 5.03. The number of aromatic nitrogens is 4. The highest BCUT2D eigenvalue weighted by atomic mass is 16.5. The van der Waals surface area contributed by atoms with E-state index in [4.69, 9.17) is 9.15 Å². The minimum Gasteiger partial charge on any atom is -0.489 e. The van der Waals surface area contributed by atoms with Gasteiger partial charge in [0.1, 0.15) is 23.7 Å². The van der Waals surface area contributed by atoms with Crippen LogP contribution in [0.1, 0.15) is 40.5 Å². The summed E-state index contributed by atoms with van der Waals surface area (Å²) in [6.45, 7) is 4.07. The van der Waals surface area contributed by atoms with Gasteiger partial charge in [-0.3, -0.25) is 9.20 Å². The fraction of sp³-hybridized carbons (Fsp3) is 0.167. The minimum absolute atomic E-state index is 0.255. The first-order chi connectivity index (χ1) is 15.6. The van der Waals surface area contributed by atoms with Gasteiger partial charge in [0.25, 0.3) is 11.7 Å². The summed E-state index contributed by atoms with van der Waals surface area (Å²) < 4.78 is 13.5. The van der Waals surface area contributed by atoms with Gasteiger partial charge in [-0.15, -0.1) is 10.2 Å². The number of carbonyl (C=O) groups excluding carboxylic acids is 1. The lowest BCUT2D eigenvalue weighted by Crippen LogP contribution is -2.28. The van der Waals surface area contributed by atoms with Crippen LogP contribution >= 0.6 is 0 Å². The highest BCUT2D eigenvalue weighted by Gasteiger charge is 2.23. The van der Waals surface area contributed by atoms with Crippen molar-refractivity contribution in [3.8, 4) is 5.75 Å². The summed E-state index contributed by atoms with van der Waals surface area (Å²) in [6.07, 6.45) is 3.46. The molecule has 0 aliphatic heterocycles. The summed E-state index contributed by atoms with van der Waals surface area (Å²) in [7, 11) is 0. The van der Waals surface area contributed by atoms with Crippen LogP contribution in [-0.4, -0.2) is 25.5 Å². The molecule has 3 aromatic heterocycles. The Labute approximate surface area is 183 Å². The molecule has 0 fully saturated rings. The van der Waals surface area contributed by atoms with E-state index in [1.165, 1.54) is 0 Å². The number of hydrogen-bond acceptors (Lipinski definition) is 6. The largest absolute Gasteiger partial charge is 0.489 e. The van der Waals surface area contributed by atoms with Gasteiger partial charge >= 0.3 is 0 Å². The quantitative estimate of drug-likeness (QED) is 0.435. The summed E-state index contributed by atoms with van der Waals surface area (Å²) in [5, 5.41) is 11.9. The number of nitrogens with zero attached hydrogens (tertiary/aromatic N) is 4. The predicted molar refractivity (Wildman–Crippen MR) is 118 cm³/mol. The maximum atomic E-state index is 13.2. The number of benzene rings is 2. The molecule has 3 heterocycles. The van der Waals surface area contributed by atoms with Crippen LogP contribution < -0.4 is 10.1 Å². The molecule has 0 saturated heterocycles. The third-order valence-corrected chi connectivity index (χ3v) is 5.26. The fourth-order valence-electron chi connectivity index (χ4n) is 3.70. The van der Waals surface area contributed by atoms with Crippen LogP contribution in [0.25, 0.3) is 16.7 Å². The second-order valence-corrected chi connectivity index (χ2v) is 7.51. The second kappa shape index (κ2) is 8.14. The van der Waals surface area contributed by atoms with Crippen molar-refractivity contribution in [1.29, 1.82) is 0 Å². The number of nitrogens with one attached hydrogen (secondary N) is 1. The van der Waals surface area contributed by atoms with E-state index in [9.17, 15) is 4.79 Å². The zero-order valence-electron chi connectivity index (χ0n) is 17.6. The van der Waals surface area contributed by atoms with Gasteiger partial charge in [-0.1, -0.05) is 30.3 Å². The van der Waals surface area contributed by atoms with E-state index in [0.29, 0.717) is 46.3 Å². The van der Waals surface area contributed by atoms with Crippen LogP contribution in [0.5, 0.6) is 5.75 Å². The Morgan fingerprint density at radius 2 is 2.00 bits per heavy atom. The monoisotopic (exact) mass is 427 g/mol. The van der Waals surface area contributed by atoms with Gasteiger partial charge in [0.05, 0.1) is 11.6 Å². The Bertz CT molecular complexity index is 1410.